The van der Waals surface area contributed by atoms with Crippen LogP contribution in [0.3, 0.4) is 0 Å². The molecule has 9 heteroatoms. The second kappa shape index (κ2) is 6.67. The Bertz CT molecular complexity index is 1040. The molecule has 2 aliphatic rings. The van der Waals surface area contributed by atoms with E-state index >= 15 is 0 Å². The van der Waals surface area contributed by atoms with Crippen molar-refractivity contribution in [3.05, 3.63) is 48.0 Å². The van der Waals surface area contributed by atoms with E-state index in [1.165, 1.54) is 12.1 Å². The van der Waals surface area contributed by atoms with Crippen LogP contribution < -0.4 is 20.1 Å². The lowest BCUT2D eigenvalue weighted by molar-refractivity contribution is -0.123. The van der Waals surface area contributed by atoms with Crippen LogP contribution in [0.25, 0.3) is 0 Å². The molecule has 0 fully saturated rings. The van der Waals surface area contributed by atoms with Crippen molar-refractivity contribution in [3.63, 3.8) is 0 Å². The summed E-state index contributed by atoms with van der Waals surface area (Å²) in [6.07, 6.45) is -0.428. The van der Waals surface area contributed by atoms with Gasteiger partial charge in [-0.05, 0) is 35.9 Å². The monoisotopic (exact) mass is 387 g/mol. The van der Waals surface area contributed by atoms with E-state index in [-0.39, 0.29) is 36.1 Å². The summed E-state index contributed by atoms with van der Waals surface area (Å²) in [4.78, 5) is 23.6. The van der Waals surface area contributed by atoms with Crippen LogP contribution in [0.15, 0.2) is 47.4 Å². The summed E-state index contributed by atoms with van der Waals surface area (Å²) in [7, 11) is -3.75. The normalized spacial score (nSPS) is 18.1. The summed E-state index contributed by atoms with van der Waals surface area (Å²) in [6.45, 7) is 0.0385. The van der Waals surface area contributed by atoms with Crippen LogP contribution in [0.5, 0.6) is 5.75 Å². The van der Waals surface area contributed by atoms with Gasteiger partial charge >= 0.3 is 0 Å². The standard InChI is InChI=1S/C18H17N3O5S/c22-17-10-11-9-12(5-6-13(11)20-17)27(24,25)19-8-7-16-18(23)21-14-3-1-2-4-15(14)26-16/h1-6,9,16,19H,7-8,10H2,(H,20,22)(H,21,23). The zero-order valence-electron chi connectivity index (χ0n) is 14.2. The van der Waals surface area contributed by atoms with Crippen molar-refractivity contribution in [2.45, 2.75) is 23.8 Å². The van der Waals surface area contributed by atoms with Crippen LogP contribution in [0.4, 0.5) is 11.4 Å². The van der Waals surface area contributed by atoms with E-state index < -0.39 is 16.1 Å². The molecule has 2 amide bonds. The Morgan fingerprint density at radius 2 is 1.89 bits per heavy atom. The number of anilines is 2. The quantitative estimate of drug-likeness (QED) is 0.715. The van der Waals surface area contributed by atoms with Crippen molar-refractivity contribution < 1.29 is 22.7 Å². The van der Waals surface area contributed by atoms with Gasteiger partial charge in [0.15, 0.2) is 6.10 Å². The fourth-order valence-electron chi connectivity index (χ4n) is 3.06. The summed E-state index contributed by atoms with van der Waals surface area (Å²) in [6, 6.07) is 11.6. The van der Waals surface area contributed by atoms with E-state index in [1.54, 1.807) is 30.3 Å². The number of sulfonamides is 1. The molecule has 0 aromatic heterocycles. The lowest BCUT2D eigenvalue weighted by Crippen LogP contribution is -2.39. The Balaban J connectivity index is 1.40. The highest BCUT2D eigenvalue weighted by atomic mass is 32.2. The third-order valence-electron chi connectivity index (χ3n) is 4.42. The average Bonchev–Trinajstić information content (AvgIpc) is 3.01. The van der Waals surface area contributed by atoms with Crippen LogP contribution in [0.1, 0.15) is 12.0 Å². The minimum absolute atomic E-state index is 0.0385. The number of carbonyl (C=O) groups excluding carboxylic acids is 2. The van der Waals surface area contributed by atoms with E-state index in [0.29, 0.717) is 22.7 Å². The molecular formula is C18H17N3O5S. The Morgan fingerprint density at radius 1 is 1.07 bits per heavy atom. The van der Waals surface area contributed by atoms with Gasteiger partial charge < -0.3 is 15.4 Å². The molecular weight excluding hydrogens is 370 g/mol. The molecule has 0 saturated heterocycles. The first-order valence-electron chi connectivity index (χ1n) is 8.41. The van der Waals surface area contributed by atoms with Crippen molar-refractivity contribution in [2.24, 2.45) is 0 Å². The van der Waals surface area contributed by atoms with Gasteiger partial charge in [-0.25, -0.2) is 13.1 Å². The molecule has 0 saturated carbocycles. The third-order valence-corrected chi connectivity index (χ3v) is 5.88. The number of ether oxygens (including phenoxy) is 1. The van der Waals surface area contributed by atoms with Crippen LogP contribution in [-0.4, -0.2) is 32.9 Å². The van der Waals surface area contributed by atoms with Gasteiger partial charge in [-0.2, -0.15) is 0 Å². The smallest absolute Gasteiger partial charge is 0.265 e. The molecule has 2 aliphatic heterocycles. The molecule has 8 nitrogen and oxygen atoms in total. The highest BCUT2D eigenvalue weighted by molar-refractivity contribution is 7.89. The van der Waals surface area contributed by atoms with Gasteiger partial charge in [-0.1, -0.05) is 12.1 Å². The Hall–Kier alpha value is -2.91. The zero-order chi connectivity index (χ0) is 19.0. The van der Waals surface area contributed by atoms with Gasteiger partial charge in [0.2, 0.25) is 15.9 Å². The number of hydrogen-bond donors (Lipinski definition) is 3. The molecule has 4 rings (SSSR count). The molecule has 1 atom stereocenters. The van der Waals surface area contributed by atoms with Crippen LogP contribution in [0, 0.1) is 0 Å². The maximum absolute atomic E-state index is 12.5. The minimum Gasteiger partial charge on any atom is -0.478 e. The lowest BCUT2D eigenvalue weighted by atomic mass is 10.2. The predicted octanol–water partition coefficient (Wildman–Crippen LogP) is 1.25. The van der Waals surface area contributed by atoms with Gasteiger partial charge in [0.1, 0.15) is 5.75 Å². The Kier molecular flexibility index (Phi) is 4.33. The Morgan fingerprint density at radius 3 is 2.74 bits per heavy atom. The van der Waals surface area contributed by atoms with Crippen molar-refractivity contribution in [1.82, 2.24) is 4.72 Å². The summed E-state index contributed by atoms with van der Waals surface area (Å²) in [5.74, 6) is 0.0870. The maximum Gasteiger partial charge on any atom is 0.265 e. The molecule has 2 heterocycles. The fraction of sp³-hybridized carbons (Fsp3) is 0.222. The first-order valence-corrected chi connectivity index (χ1v) is 9.90. The number of hydrogen-bond acceptors (Lipinski definition) is 5. The molecule has 2 aromatic carbocycles. The summed E-state index contributed by atoms with van der Waals surface area (Å²) >= 11 is 0. The molecule has 1 unspecified atom stereocenters. The van der Waals surface area contributed by atoms with E-state index in [4.69, 9.17) is 4.74 Å². The molecule has 0 radical (unpaired) electrons. The second-order valence-corrected chi connectivity index (χ2v) is 8.09. The first kappa shape index (κ1) is 17.5. The van der Waals surface area contributed by atoms with Gasteiger partial charge in [0, 0.05) is 18.7 Å². The molecule has 2 aromatic rings. The number of benzene rings is 2. The highest BCUT2D eigenvalue weighted by Gasteiger charge is 2.28. The van der Waals surface area contributed by atoms with Crippen molar-refractivity contribution >= 4 is 33.2 Å². The van der Waals surface area contributed by atoms with Gasteiger partial charge in [-0.3, -0.25) is 9.59 Å². The highest BCUT2D eigenvalue weighted by Crippen LogP contribution is 2.29. The average molecular weight is 387 g/mol. The zero-order valence-corrected chi connectivity index (χ0v) is 15.0. The number of amides is 2. The molecule has 0 aliphatic carbocycles. The number of rotatable bonds is 5. The molecule has 140 valence electrons. The summed E-state index contributed by atoms with van der Waals surface area (Å²) < 4.78 is 33.1. The number of carbonyl (C=O) groups is 2. The van der Waals surface area contributed by atoms with E-state index in [2.05, 4.69) is 15.4 Å². The van der Waals surface area contributed by atoms with E-state index in [9.17, 15) is 18.0 Å². The predicted molar refractivity (Wildman–Crippen MR) is 98.1 cm³/mol. The SMILES string of the molecule is O=C1Cc2cc(S(=O)(=O)NCCC3Oc4ccccc4NC3=O)ccc2N1. The van der Waals surface area contributed by atoms with Crippen LogP contribution >= 0.6 is 0 Å². The second-order valence-electron chi connectivity index (χ2n) is 6.32. The van der Waals surface area contributed by atoms with Crippen molar-refractivity contribution in [3.8, 4) is 5.75 Å². The number of para-hydroxylation sites is 2. The van der Waals surface area contributed by atoms with Crippen molar-refractivity contribution in [2.75, 3.05) is 17.2 Å². The van der Waals surface area contributed by atoms with Crippen molar-refractivity contribution in [1.29, 1.82) is 0 Å². The molecule has 27 heavy (non-hydrogen) atoms. The van der Waals surface area contributed by atoms with Crippen LogP contribution in [-0.2, 0) is 26.0 Å². The summed E-state index contributed by atoms with van der Waals surface area (Å²) in [5, 5.41) is 5.40. The summed E-state index contributed by atoms with van der Waals surface area (Å²) in [5.41, 5.74) is 1.87. The maximum atomic E-state index is 12.5. The number of fused-ring (bicyclic) bond motifs is 2. The third kappa shape index (κ3) is 3.51. The van der Waals surface area contributed by atoms with E-state index in [1.807, 2.05) is 0 Å². The topological polar surface area (TPSA) is 114 Å². The van der Waals surface area contributed by atoms with Crippen LogP contribution in [0.2, 0.25) is 0 Å². The van der Waals surface area contributed by atoms with Gasteiger partial charge in [0.25, 0.3) is 5.91 Å². The van der Waals surface area contributed by atoms with Gasteiger partial charge in [-0.15, -0.1) is 0 Å². The minimum atomic E-state index is -3.75. The first-order chi connectivity index (χ1) is 12.9. The lowest BCUT2D eigenvalue weighted by Gasteiger charge is -2.25. The Labute approximate surface area is 156 Å². The largest absolute Gasteiger partial charge is 0.478 e. The molecule has 3 N–H and O–H groups in total. The fourth-order valence-corrected chi connectivity index (χ4v) is 4.16. The van der Waals surface area contributed by atoms with Gasteiger partial charge in [0.05, 0.1) is 17.0 Å². The molecule has 0 bridgehead atoms. The number of nitrogens with one attached hydrogen (secondary N) is 3. The molecule has 0 spiro atoms. The van der Waals surface area contributed by atoms with E-state index in [0.717, 1.165) is 0 Å².